The van der Waals surface area contributed by atoms with E-state index >= 15 is 0 Å². The van der Waals surface area contributed by atoms with E-state index in [2.05, 4.69) is 0 Å². The summed E-state index contributed by atoms with van der Waals surface area (Å²) in [4.78, 5) is 11.8. The van der Waals surface area contributed by atoms with Crippen LogP contribution in [0, 0.1) is 18.6 Å². The van der Waals surface area contributed by atoms with Crippen molar-refractivity contribution in [3.63, 3.8) is 0 Å². The van der Waals surface area contributed by atoms with E-state index in [0.29, 0.717) is 5.76 Å². The second kappa shape index (κ2) is 3.89. The predicted octanol–water partition coefficient (Wildman–Crippen LogP) is 3.10. The minimum Gasteiger partial charge on any atom is -0.469 e. The van der Waals surface area contributed by atoms with Gasteiger partial charge in [-0.25, -0.2) is 8.78 Å². The summed E-state index contributed by atoms with van der Waals surface area (Å²) in [6.07, 6.45) is 1.18. The van der Waals surface area contributed by atoms with Crippen LogP contribution in [0.15, 0.2) is 34.9 Å². The van der Waals surface area contributed by atoms with Crippen LogP contribution in [0.25, 0.3) is 0 Å². The van der Waals surface area contributed by atoms with Gasteiger partial charge in [0.05, 0.1) is 11.1 Å². The molecule has 4 heteroatoms. The molecule has 0 bridgehead atoms. The summed E-state index contributed by atoms with van der Waals surface area (Å²) in [6, 6.07) is 4.74. The van der Waals surface area contributed by atoms with E-state index in [1.807, 2.05) is 0 Å². The van der Waals surface area contributed by atoms with Gasteiger partial charge in [-0.1, -0.05) is 6.07 Å². The van der Waals surface area contributed by atoms with E-state index < -0.39 is 23.0 Å². The van der Waals surface area contributed by atoms with Crippen molar-refractivity contribution in [2.24, 2.45) is 0 Å². The molecule has 0 saturated heterocycles. The number of aryl methyl sites for hydroxylation is 1. The lowest BCUT2D eigenvalue weighted by Crippen LogP contribution is -2.06. The number of carbonyl (C=O) groups excluding carboxylic acids is 1. The summed E-state index contributed by atoms with van der Waals surface area (Å²) in [5, 5.41) is 0. The predicted molar refractivity (Wildman–Crippen MR) is 53.2 cm³/mol. The molecule has 2 aromatic rings. The van der Waals surface area contributed by atoms with E-state index in [0.717, 1.165) is 12.1 Å². The van der Waals surface area contributed by atoms with Gasteiger partial charge >= 0.3 is 0 Å². The van der Waals surface area contributed by atoms with Gasteiger partial charge in [-0.15, -0.1) is 0 Å². The SMILES string of the molecule is Cc1cc(C(=O)c2c(F)cccc2F)co1. The van der Waals surface area contributed by atoms with Gasteiger partial charge in [-0.05, 0) is 25.1 Å². The third-order valence-corrected chi connectivity index (χ3v) is 2.18. The Kier molecular flexibility index (Phi) is 2.56. The molecule has 0 aliphatic carbocycles. The number of furan rings is 1. The number of hydrogen-bond donors (Lipinski definition) is 0. The monoisotopic (exact) mass is 222 g/mol. The maximum Gasteiger partial charge on any atom is 0.202 e. The fraction of sp³-hybridized carbons (Fsp3) is 0.0833. The molecule has 16 heavy (non-hydrogen) atoms. The zero-order valence-corrected chi connectivity index (χ0v) is 8.46. The Labute approximate surface area is 90.5 Å². The highest BCUT2D eigenvalue weighted by Gasteiger charge is 2.19. The van der Waals surface area contributed by atoms with E-state index in [4.69, 9.17) is 4.42 Å². The fourth-order valence-electron chi connectivity index (χ4n) is 1.42. The number of hydrogen-bond acceptors (Lipinski definition) is 2. The smallest absolute Gasteiger partial charge is 0.202 e. The van der Waals surface area contributed by atoms with Crippen LogP contribution in [-0.2, 0) is 0 Å². The first-order valence-corrected chi connectivity index (χ1v) is 4.63. The summed E-state index contributed by atoms with van der Waals surface area (Å²) in [5.41, 5.74) is -0.412. The van der Waals surface area contributed by atoms with Gasteiger partial charge in [-0.3, -0.25) is 4.79 Å². The first kappa shape index (κ1) is 10.5. The van der Waals surface area contributed by atoms with Crippen molar-refractivity contribution in [3.05, 3.63) is 59.1 Å². The van der Waals surface area contributed by atoms with E-state index in [1.54, 1.807) is 6.92 Å². The number of ketones is 1. The summed E-state index contributed by atoms with van der Waals surface area (Å²) < 4.78 is 31.5. The van der Waals surface area contributed by atoms with E-state index in [1.165, 1.54) is 18.4 Å². The van der Waals surface area contributed by atoms with Crippen molar-refractivity contribution in [2.75, 3.05) is 0 Å². The van der Waals surface area contributed by atoms with Crippen molar-refractivity contribution in [2.45, 2.75) is 6.92 Å². The molecule has 0 aliphatic heterocycles. The zero-order valence-electron chi connectivity index (χ0n) is 8.46. The third-order valence-electron chi connectivity index (χ3n) is 2.18. The summed E-state index contributed by atoms with van der Waals surface area (Å²) >= 11 is 0. The van der Waals surface area contributed by atoms with Crippen LogP contribution >= 0.6 is 0 Å². The Morgan fingerprint density at radius 1 is 1.25 bits per heavy atom. The number of rotatable bonds is 2. The molecule has 1 aromatic carbocycles. The van der Waals surface area contributed by atoms with Crippen molar-refractivity contribution in [3.8, 4) is 0 Å². The second-order valence-corrected chi connectivity index (χ2v) is 3.37. The molecule has 0 atom stereocenters. The number of carbonyl (C=O) groups is 1. The minimum absolute atomic E-state index is 0.140. The Hall–Kier alpha value is -1.97. The average Bonchev–Trinajstić information content (AvgIpc) is 2.64. The summed E-state index contributed by atoms with van der Waals surface area (Å²) in [7, 11) is 0. The van der Waals surface area contributed by atoms with Gasteiger partial charge in [0.1, 0.15) is 23.7 Å². The minimum atomic E-state index is -0.871. The largest absolute Gasteiger partial charge is 0.469 e. The lowest BCUT2D eigenvalue weighted by atomic mass is 10.0. The Balaban J connectivity index is 2.49. The Morgan fingerprint density at radius 3 is 2.38 bits per heavy atom. The van der Waals surface area contributed by atoms with E-state index in [9.17, 15) is 13.6 Å². The maximum absolute atomic E-state index is 13.3. The second-order valence-electron chi connectivity index (χ2n) is 3.37. The lowest BCUT2D eigenvalue weighted by molar-refractivity contribution is 0.103. The summed E-state index contributed by atoms with van der Waals surface area (Å²) in [5.74, 6) is -1.94. The molecule has 0 saturated carbocycles. The van der Waals surface area contributed by atoms with Crippen LogP contribution in [0.3, 0.4) is 0 Å². The molecule has 0 fully saturated rings. The first-order valence-electron chi connectivity index (χ1n) is 4.63. The van der Waals surface area contributed by atoms with Gasteiger partial charge in [0.25, 0.3) is 0 Å². The molecule has 0 spiro atoms. The van der Waals surface area contributed by atoms with Crippen LogP contribution < -0.4 is 0 Å². The van der Waals surface area contributed by atoms with Gasteiger partial charge < -0.3 is 4.42 Å². The Morgan fingerprint density at radius 2 is 1.88 bits per heavy atom. The molecule has 0 aliphatic rings. The van der Waals surface area contributed by atoms with Crippen molar-refractivity contribution in [1.29, 1.82) is 0 Å². The fourth-order valence-corrected chi connectivity index (χ4v) is 1.42. The van der Waals surface area contributed by atoms with E-state index in [-0.39, 0.29) is 5.56 Å². The quantitative estimate of drug-likeness (QED) is 0.731. The molecular weight excluding hydrogens is 214 g/mol. The molecular formula is C12H8F2O2. The molecule has 0 N–H and O–H groups in total. The number of benzene rings is 1. The van der Waals surface area contributed by atoms with Crippen molar-refractivity contribution >= 4 is 5.78 Å². The number of halogens is 2. The molecule has 82 valence electrons. The molecule has 2 nitrogen and oxygen atoms in total. The van der Waals surface area contributed by atoms with Gasteiger partial charge in [-0.2, -0.15) is 0 Å². The van der Waals surface area contributed by atoms with Crippen LogP contribution in [-0.4, -0.2) is 5.78 Å². The highest BCUT2D eigenvalue weighted by Crippen LogP contribution is 2.18. The first-order chi connectivity index (χ1) is 7.59. The highest BCUT2D eigenvalue weighted by atomic mass is 19.1. The van der Waals surface area contributed by atoms with Gasteiger partial charge in [0.2, 0.25) is 5.78 Å². The molecule has 2 rings (SSSR count). The Bertz CT molecular complexity index is 523. The van der Waals surface area contributed by atoms with Crippen LogP contribution in [0.2, 0.25) is 0 Å². The molecule has 0 radical (unpaired) electrons. The van der Waals surface area contributed by atoms with Crippen molar-refractivity contribution in [1.82, 2.24) is 0 Å². The molecule has 1 heterocycles. The van der Waals surface area contributed by atoms with Crippen LogP contribution in [0.1, 0.15) is 21.7 Å². The third kappa shape index (κ3) is 1.74. The topological polar surface area (TPSA) is 30.2 Å². The normalized spacial score (nSPS) is 10.4. The zero-order chi connectivity index (χ0) is 11.7. The van der Waals surface area contributed by atoms with Gasteiger partial charge in [0.15, 0.2) is 0 Å². The maximum atomic E-state index is 13.3. The molecule has 0 amide bonds. The van der Waals surface area contributed by atoms with Crippen molar-refractivity contribution < 1.29 is 18.0 Å². The summed E-state index contributed by atoms with van der Waals surface area (Å²) in [6.45, 7) is 1.65. The lowest BCUT2D eigenvalue weighted by Gasteiger charge is -2.01. The molecule has 1 aromatic heterocycles. The molecule has 0 unspecified atom stereocenters. The van der Waals surface area contributed by atoms with Crippen LogP contribution in [0.4, 0.5) is 8.78 Å². The van der Waals surface area contributed by atoms with Crippen LogP contribution in [0.5, 0.6) is 0 Å². The highest BCUT2D eigenvalue weighted by molar-refractivity contribution is 6.09. The van der Waals surface area contributed by atoms with Gasteiger partial charge in [0, 0.05) is 0 Å². The average molecular weight is 222 g/mol. The standard InChI is InChI=1S/C12H8F2O2/c1-7-5-8(6-16-7)12(15)11-9(13)3-2-4-10(11)14/h2-6H,1H3.